The molecule has 122 valence electrons. The lowest BCUT2D eigenvalue weighted by atomic mass is 10.0. The lowest BCUT2D eigenvalue weighted by Gasteiger charge is -2.21. The van der Waals surface area contributed by atoms with E-state index in [2.05, 4.69) is 16.9 Å². The van der Waals surface area contributed by atoms with Crippen molar-refractivity contribution in [2.24, 2.45) is 0 Å². The number of hydrogen-bond acceptors (Lipinski definition) is 4. The lowest BCUT2D eigenvalue weighted by molar-refractivity contribution is -0.122. The monoisotopic (exact) mass is 307 g/mol. The van der Waals surface area contributed by atoms with E-state index in [-0.39, 0.29) is 12.4 Å². The second kappa shape index (κ2) is 9.15. The van der Waals surface area contributed by atoms with Gasteiger partial charge in [0.15, 0.2) is 0 Å². The smallest absolute Gasteiger partial charge is 0.290 e. The average molecular weight is 307 g/mol. The zero-order valence-corrected chi connectivity index (χ0v) is 13.5. The summed E-state index contributed by atoms with van der Waals surface area (Å²) in [6, 6.07) is 4.43. The maximum absolute atomic E-state index is 12.3. The van der Waals surface area contributed by atoms with Crippen molar-refractivity contribution < 1.29 is 14.7 Å². The van der Waals surface area contributed by atoms with E-state index < -0.39 is 0 Å². The third kappa shape index (κ3) is 4.53. The Hall–Kier alpha value is -1.95. The van der Waals surface area contributed by atoms with Gasteiger partial charge in [0.25, 0.3) is 12.4 Å². The Morgan fingerprint density at radius 3 is 2.64 bits per heavy atom. The normalized spacial score (nSPS) is 17.5. The molecule has 2 rings (SSSR count). The Morgan fingerprint density at radius 1 is 1.50 bits per heavy atom. The van der Waals surface area contributed by atoms with Crippen LogP contribution in [0.4, 0.5) is 0 Å². The molecule has 0 bridgehead atoms. The van der Waals surface area contributed by atoms with Gasteiger partial charge in [-0.1, -0.05) is 0 Å². The van der Waals surface area contributed by atoms with Gasteiger partial charge in [-0.15, -0.1) is 0 Å². The van der Waals surface area contributed by atoms with Crippen molar-refractivity contribution in [3.8, 4) is 0 Å². The zero-order chi connectivity index (χ0) is 16.5. The Morgan fingerprint density at radius 2 is 2.14 bits per heavy atom. The molecule has 6 nitrogen and oxygen atoms in total. The number of hydrogen-bond donors (Lipinski definition) is 1. The molecule has 6 heteroatoms. The Bertz CT molecular complexity index is 489. The molecule has 0 saturated carbocycles. The highest BCUT2D eigenvalue weighted by molar-refractivity contribution is 5.92. The van der Waals surface area contributed by atoms with Gasteiger partial charge in [0.2, 0.25) is 0 Å². The van der Waals surface area contributed by atoms with E-state index in [0.29, 0.717) is 11.7 Å². The fraction of sp³-hybridized carbons (Fsp3) is 0.562. The van der Waals surface area contributed by atoms with E-state index >= 15 is 0 Å². The first-order valence-corrected chi connectivity index (χ1v) is 7.62. The summed E-state index contributed by atoms with van der Waals surface area (Å²) in [5.41, 5.74) is 1.78. The van der Waals surface area contributed by atoms with E-state index in [1.807, 2.05) is 30.9 Å². The van der Waals surface area contributed by atoms with Crippen molar-refractivity contribution in [2.45, 2.75) is 32.7 Å². The van der Waals surface area contributed by atoms with Crippen molar-refractivity contribution in [1.82, 2.24) is 14.8 Å². The Balaban J connectivity index is 0.000000745. The van der Waals surface area contributed by atoms with E-state index in [0.717, 1.165) is 19.6 Å². The molecule has 1 amide bonds. The predicted octanol–water partition coefficient (Wildman–Crippen LogP) is 2.03. The van der Waals surface area contributed by atoms with Gasteiger partial charge in [-0.3, -0.25) is 19.5 Å². The van der Waals surface area contributed by atoms with Gasteiger partial charge >= 0.3 is 0 Å². The summed E-state index contributed by atoms with van der Waals surface area (Å²) >= 11 is 0. The lowest BCUT2D eigenvalue weighted by Crippen LogP contribution is -2.31. The fourth-order valence-corrected chi connectivity index (χ4v) is 2.78. The average Bonchev–Trinajstić information content (AvgIpc) is 2.95. The van der Waals surface area contributed by atoms with Gasteiger partial charge in [0.1, 0.15) is 5.69 Å². The number of nitrogens with zero attached hydrogens (tertiary/aromatic N) is 3. The van der Waals surface area contributed by atoms with Crippen molar-refractivity contribution in [2.75, 3.05) is 26.7 Å². The van der Waals surface area contributed by atoms with Gasteiger partial charge in [0.05, 0.1) is 0 Å². The number of amides is 1. The van der Waals surface area contributed by atoms with E-state index in [9.17, 15) is 4.79 Å². The number of carboxylic acid groups (broad SMARTS) is 1. The first-order chi connectivity index (χ1) is 10.6. The van der Waals surface area contributed by atoms with Gasteiger partial charge in [-0.2, -0.15) is 0 Å². The standard InChI is InChI=1S/C15H23N3O.CH2O2/c1-4-18(5-2)15(19)13-11-12(8-9-16-13)14-7-6-10-17(14)3;2-1-3/h8-9,11,14H,4-7,10H2,1-3H3;1H,(H,2,3). The summed E-state index contributed by atoms with van der Waals surface area (Å²) in [7, 11) is 2.14. The van der Waals surface area contributed by atoms with Gasteiger partial charge in [0, 0.05) is 25.3 Å². The number of likely N-dealkylation sites (tertiary alicyclic amines) is 1. The molecule has 0 radical (unpaired) electrons. The molecule has 0 aliphatic carbocycles. The predicted molar refractivity (Wildman–Crippen MR) is 84.8 cm³/mol. The second-order valence-corrected chi connectivity index (χ2v) is 5.20. The summed E-state index contributed by atoms with van der Waals surface area (Å²) in [4.78, 5) is 29.1. The van der Waals surface area contributed by atoms with Crippen LogP contribution >= 0.6 is 0 Å². The molecule has 1 unspecified atom stereocenters. The van der Waals surface area contributed by atoms with Gasteiger partial charge in [-0.25, -0.2) is 0 Å². The number of pyridine rings is 1. The summed E-state index contributed by atoms with van der Waals surface area (Å²) in [5.74, 6) is 0.0347. The maximum Gasteiger partial charge on any atom is 0.290 e. The van der Waals surface area contributed by atoms with Crippen molar-refractivity contribution in [1.29, 1.82) is 0 Å². The molecule has 1 aromatic rings. The van der Waals surface area contributed by atoms with Gasteiger partial charge < -0.3 is 10.0 Å². The van der Waals surface area contributed by atoms with Crippen LogP contribution in [0.3, 0.4) is 0 Å². The molecular weight excluding hydrogens is 282 g/mol. The van der Waals surface area contributed by atoms with Crippen molar-refractivity contribution >= 4 is 12.4 Å². The molecule has 1 aliphatic rings. The summed E-state index contributed by atoms with van der Waals surface area (Å²) in [6.45, 7) is 6.33. The molecule has 1 N–H and O–H groups in total. The Kier molecular flexibility index (Phi) is 7.52. The van der Waals surface area contributed by atoms with Crippen LogP contribution in [0.15, 0.2) is 18.3 Å². The van der Waals surface area contributed by atoms with Crippen LogP contribution in [0.5, 0.6) is 0 Å². The highest BCUT2D eigenvalue weighted by atomic mass is 16.3. The summed E-state index contributed by atoms with van der Waals surface area (Å²) < 4.78 is 0. The second-order valence-electron chi connectivity index (χ2n) is 5.20. The van der Waals surface area contributed by atoms with Gasteiger partial charge in [-0.05, 0) is 58.0 Å². The van der Waals surface area contributed by atoms with E-state index in [1.165, 1.54) is 18.4 Å². The highest BCUT2D eigenvalue weighted by Crippen LogP contribution is 2.30. The largest absolute Gasteiger partial charge is 0.483 e. The molecule has 1 aliphatic heterocycles. The van der Waals surface area contributed by atoms with E-state index in [1.54, 1.807) is 6.20 Å². The van der Waals surface area contributed by atoms with Crippen LogP contribution in [-0.2, 0) is 4.79 Å². The molecular formula is C16H25N3O3. The molecule has 1 saturated heterocycles. The van der Waals surface area contributed by atoms with Crippen molar-refractivity contribution in [3.05, 3.63) is 29.6 Å². The van der Waals surface area contributed by atoms with Crippen LogP contribution in [0.2, 0.25) is 0 Å². The summed E-state index contributed by atoms with van der Waals surface area (Å²) in [6.07, 6.45) is 4.15. The van der Waals surface area contributed by atoms with Crippen LogP contribution in [0.1, 0.15) is 48.8 Å². The van der Waals surface area contributed by atoms with Crippen LogP contribution < -0.4 is 0 Å². The highest BCUT2D eigenvalue weighted by Gasteiger charge is 2.24. The van der Waals surface area contributed by atoms with Crippen LogP contribution in [-0.4, -0.2) is 59.0 Å². The van der Waals surface area contributed by atoms with Crippen molar-refractivity contribution in [3.63, 3.8) is 0 Å². The fourth-order valence-electron chi connectivity index (χ4n) is 2.78. The molecule has 1 fully saturated rings. The third-order valence-electron chi connectivity index (χ3n) is 3.96. The molecule has 1 aromatic heterocycles. The first-order valence-electron chi connectivity index (χ1n) is 7.62. The molecule has 0 aromatic carbocycles. The molecule has 1 atom stereocenters. The molecule has 2 heterocycles. The number of rotatable bonds is 4. The quantitative estimate of drug-likeness (QED) is 0.862. The Labute approximate surface area is 131 Å². The minimum atomic E-state index is -0.250. The van der Waals surface area contributed by atoms with Crippen LogP contribution in [0, 0.1) is 0 Å². The minimum Gasteiger partial charge on any atom is -0.483 e. The topological polar surface area (TPSA) is 73.7 Å². The molecule has 0 spiro atoms. The SMILES string of the molecule is CCN(CC)C(=O)c1cc(C2CCCN2C)ccn1.O=CO. The van der Waals surface area contributed by atoms with Crippen LogP contribution in [0.25, 0.3) is 0 Å². The summed E-state index contributed by atoms with van der Waals surface area (Å²) in [5, 5.41) is 6.89. The maximum atomic E-state index is 12.3. The minimum absolute atomic E-state index is 0.0347. The number of carbonyl (C=O) groups is 2. The number of aromatic nitrogens is 1. The molecule has 22 heavy (non-hydrogen) atoms. The third-order valence-corrected chi connectivity index (χ3v) is 3.96. The zero-order valence-electron chi connectivity index (χ0n) is 13.5. The first kappa shape index (κ1) is 18.1. The number of carbonyl (C=O) groups excluding carboxylic acids is 1. The van der Waals surface area contributed by atoms with E-state index in [4.69, 9.17) is 9.90 Å².